The molecule has 2 aliphatic heterocycles. The van der Waals surface area contributed by atoms with Crippen LogP contribution in [0.1, 0.15) is 22.8 Å². The van der Waals surface area contributed by atoms with Gasteiger partial charge in [0.15, 0.2) is 41.7 Å². The zero-order chi connectivity index (χ0) is 33.4. The molecule has 0 aromatic carbocycles. The third-order valence-electron chi connectivity index (χ3n) is 6.91. The lowest BCUT2D eigenvalue weighted by Gasteiger charge is -2.20. The van der Waals surface area contributed by atoms with E-state index in [4.69, 9.17) is 30.7 Å². The third kappa shape index (κ3) is 7.10. The van der Waals surface area contributed by atoms with Crippen molar-refractivity contribution in [3.63, 3.8) is 0 Å². The highest BCUT2D eigenvalue weighted by Crippen LogP contribution is 2.60. The summed E-state index contributed by atoms with van der Waals surface area (Å²) >= 11 is 0. The van der Waals surface area contributed by atoms with E-state index in [1.165, 1.54) is 40.0 Å². The Morgan fingerprint density at radius 2 is 1.70 bits per heavy atom. The number of carbonyl (C=O) groups is 1. The summed E-state index contributed by atoms with van der Waals surface area (Å²) in [5, 5.41) is 44.4. The molecule has 0 spiro atoms. The predicted molar refractivity (Wildman–Crippen MR) is 147 cm³/mol. The number of nitrogens with zero attached hydrogens (tertiary/aromatic N) is 5. The fourth-order valence-corrected chi connectivity index (χ4v) is 6.81. The van der Waals surface area contributed by atoms with Crippen molar-refractivity contribution < 1.29 is 71.5 Å². The number of phosphoric acid groups is 2. The number of hydrogen-bond donors (Lipinski definition) is 8. The standard InChI is InChI=1S/C23H27N7O14P2/c1-2-25-20-14-21(27-9-26-20)30(10-28-14)23-18(34)16(32)13(43-23)8-41-46(38,39)44-45(36,37)40-7-12-15(31)17(33)22(42-12)29-5-3-4-11(6-29)19(24)35/h1,3-6,9-10,12-13,15-18,22-23,31-34H,7-8H2,(H4-,24,25,26,27,35,36,37,38,39)/p+1/t12-,13-,15+,16-,17+,18-,22+,23-/m1/s1. The first-order chi connectivity index (χ1) is 21.7. The Balaban J connectivity index is 1.16. The minimum absolute atomic E-state index is 0.0667. The number of amides is 1. The summed E-state index contributed by atoms with van der Waals surface area (Å²) < 4.78 is 52.2. The van der Waals surface area contributed by atoms with Crippen LogP contribution < -0.4 is 15.6 Å². The van der Waals surface area contributed by atoms with Crippen LogP contribution in [-0.4, -0.2) is 105 Å². The molecule has 248 valence electrons. The minimum atomic E-state index is -5.39. The number of terminal acetylenes is 1. The summed E-state index contributed by atoms with van der Waals surface area (Å²) in [6.45, 7) is -1.81. The number of aromatic nitrogens is 5. The highest BCUT2D eigenvalue weighted by atomic mass is 31.3. The average Bonchev–Trinajstić information content (AvgIpc) is 3.65. The molecule has 23 heteroatoms. The molecule has 0 aliphatic carbocycles. The van der Waals surface area contributed by atoms with Gasteiger partial charge in [-0.2, -0.15) is 8.88 Å². The number of carbonyl (C=O) groups excluding carboxylic acids is 1. The van der Waals surface area contributed by atoms with Gasteiger partial charge in [-0.25, -0.2) is 24.1 Å². The Labute approximate surface area is 258 Å². The molecule has 2 unspecified atom stereocenters. The lowest BCUT2D eigenvalue weighted by Crippen LogP contribution is -2.46. The van der Waals surface area contributed by atoms with Crippen LogP contribution in [0.4, 0.5) is 5.82 Å². The zero-order valence-corrected chi connectivity index (χ0v) is 25.0. The maximum absolute atomic E-state index is 12.5. The largest absolute Gasteiger partial charge is 0.481 e. The molecule has 0 saturated carbocycles. The first-order valence-electron chi connectivity index (χ1n) is 13.1. The second kappa shape index (κ2) is 13.3. The number of pyridine rings is 1. The van der Waals surface area contributed by atoms with Crippen molar-refractivity contribution in [1.29, 1.82) is 0 Å². The van der Waals surface area contributed by atoms with Crippen molar-refractivity contribution in [2.24, 2.45) is 5.73 Å². The Morgan fingerprint density at radius 1 is 1.04 bits per heavy atom. The van der Waals surface area contributed by atoms with Crippen molar-refractivity contribution in [3.05, 3.63) is 42.7 Å². The number of nitrogens with two attached hydrogens (primary N) is 1. The maximum Gasteiger partial charge on any atom is 0.481 e. The van der Waals surface area contributed by atoms with Crippen LogP contribution >= 0.6 is 15.6 Å². The number of nitrogens with one attached hydrogen (secondary N) is 1. The van der Waals surface area contributed by atoms with Crippen LogP contribution in [0.3, 0.4) is 0 Å². The van der Waals surface area contributed by atoms with E-state index in [-0.39, 0.29) is 22.5 Å². The van der Waals surface area contributed by atoms with E-state index in [2.05, 4.69) is 30.6 Å². The Hall–Kier alpha value is -3.45. The van der Waals surface area contributed by atoms with Crippen molar-refractivity contribution in [1.82, 2.24) is 19.5 Å². The van der Waals surface area contributed by atoms with Crippen LogP contribution in [0.25, 0.3) is 11.2 Å². The second-order valence-corrected chi connectivity index (χ2v) is 13.0. The fraction of sp³-hybridized carbons (Fsp3) is 0.435. The van der Waals surface area contributed by atoms with E-state index in [1.54, 1.807) is 0 Å². The van der Waals surface area contributed by atoms with E-state index in [1.807, 2.05) is 0 Å². The molecule has 2 saturated heterocycles. The minimum Gasteiger partial charge on any atom is -0.387 e. The number of phosphoric ester groups is 2. The number of imidazole rings is 1. The number of fused-ring (bicyclic) bond motifs is 1. The lowest BCUT2D eigenvalue weighted by molar-refractivity contribution is -0.765. The normalized spacial score (nSPS) is 30.5. The third-order valence-corrected chi connectivity index (χ3v) is 9.51. The zero-order valence-electron chi connectivity index (χ0n) is 23.2. The molecule has 5 rings (SSSR count). The number of rotatable bonds is 12. The monoisotopic (exact) mass is 688 g/mol. The van der Waals surface area contributed by atoms with Gasteiger partial charge >= 0.3 is 15.6 Å². The molecule has 21 nitrogen and oxygen atoms in total. The van der Waals surface area contributed by atoms with Gasteiger partial charge in [0.05, 0.1) is 19.5 Å². The first kappa shape index (κ1) is 33.9. The number of aliphatic hydroxyl groups excluding tert-OH is 4. The van der Waals surface area contributed by atoms with Crippen molar-refractivity contribution >= 4 is 38.5 Å². The Morgan fingerprint density at radius 3 is 2.35 bits per heavy atom. The Kier molecular flexibility index (Phi) is 9.84. The van der Waals surface area contributed by atoms with Gasteiger partial charge in [0.2, 0.25) is 0 Å². The van der Waals surface area contributed by atoms with Gasteiger partial charge in [0.1, 0.15) is 42.4 Å². The highest BCUT2D eigenvalue weighted by Gasteiger charge is 2.50. The molecule has 0 bridgehead atoms. The maximum atomic E-state index is 12.5. The highest BCUT2D eigenvalue weighted by molar-refractivity contribution is 7.61. The molecule has 3 aromatic rings. The second-order valence-electron chi connectivity index (χ2n) is 9.92. The van der Waals surface area contributed by atoms with Gasteiger partial charge in [-0.3, -0.25) is 23.7 Å². The molecular weight excluding hydrogens is 660 g/mol. The molecule has 2 aliphatic rings. The predicted octanol–water partition coefficient (Wildman–Crippen LogP) is -2.60. The molecule has 2 fully saturated rings. The summed E-state index contributed by atoms with van der Waals surface area (Å²) in [7, 11) is -10.8. The summed E-state index contributed by atoms with van der Waals surface area (Å²) in [4.78, 5) is 43.7. The summed E-state index contributed by atoms with van der Waals surface area (Å²) in [6, 6.07) is 5.02. The SMILES string of the molecule is C#CNc1ncnc2c1ncn2[C@@H]1O[C@H](COP(=O)(O)OP(=O)(O)OC[C@H]2O[C@H]([n+]3cccc(C(N)=O)c3)[C@@H](O)[C@H]2O)[C@@H](O)[C@H]1O. The molecule has 5 heterocycles. The van der Waals surface area contributed by atoms with Crippen LogP contribution in [-0.2, 0) is 32.0 Å². The van der Waals surface area contributed by atoms with Gasteiger partial charge < -0.3 is 45.4 Å². The average molecular weight is 688 g/mol. The molecule has 10 atom stereocenters. The first-order valence-corrected chi connectivity index (χ1v) is 16.1. The quantitative estimate of drug-likeness (QED) is 0.0419. The molecule has 0 radical (unpaired) electrons. The fourth-order valence-electron chi connectivity index (χ4n) is 4.72. The molecule has 46 heavy (non-hydrogen) atoms. The van der Waals surface area contributed by atoms with Crippen molar-refractivity contribution in [2.75, 3.05) is 18.5 Å². The Bertz CT molecular complexity index is 1740. The van der Waals surface area contributed by atoms with E-state index >= 15 is 0 Å². The number of hydrogen-bond acceptors (Lipinski definition) is 16. The van der Waals surface area contributed by atoms with Crippen LogP contribution in [0.5, 0.6) is 0 Å². The van der Waals surface area contributed by atoms with E-state index in [0.29, 0.717) is 0 Å². The van der Waals surface area contributed by atoms with Crippen LogP contribution in [0.15, 0.2) is 37.2 Å². The number of ether oxygens (including phenoxy) is 2. The summed E-state index contributed by atoms with van der Waals surface area (Å²) in [5.41, 5.74) is 5.69. The van der Waals surface area contributed by atoms with Gasteiger partial charge in [-0.1, -0.05) is 6.42 Å². The van der Waals surface area contributed by atoms with E-state index in [9.17, 15) is 44.1 Å². The van der Waals surface area contributed by atoms with Crippen LogP contribution in [0.2, 0.25) is 0 Å². The topological polar surface area (TPSA) is 304 Å². The van der Waals surface area contributed by atoms with Gasteiger partial charge in [0, 0.05) is 12.1 Å². The molecule has 3 aromatic heterocycles. The molecule has 9 N–H and O–H groups in total. The van der Waals surface area contributed by atoms with Crippen molar-refractivity contribution in [2.45, 2.75) is 49.1 Å². The van der Waals surface area contributed by atoms with Gasteiger partial charge in [-0.05, 0) is 6.07 Å². The number of anilines is 1. The van der Waals surface area contributed by atoms with Gasteiger partial charge in [0.25, 0.3) is 12.1 Å². The summed E-state index contributed by atoms with van der Waals surface area (Å²) in [6.07, 6.45) is -1.69. The van der Waals surface area contributed by atoms with Gasteiger partial charge in [-0.15, -0.1) is 0 Å². The summed E-state index contributed by atoms with van der Waals surface area (Å²) in [5.74, 6) is -0.580. The van der Waals surface area contributed by atoms with Crippen LogP contribution in [0, 0.1) is 12.5 Å². The van der Waals surface area contributed by atoms with Crippen molar-refractivity contribution in [3.8, 4) is 12.5 Å². The van der Waals surface area contributed by atoms with E-state index < -0.39 is 83.8 Å². The lowest BCUT2D eigenvalue weighted by atomic mass is 10.1. The smallest absolute Gasteiger partial charge is 0.387 e. The molecule has 1 amide bonds. The van der Waals surface area contributed by atoms with E-state index in [0.717, 1.165) is 6.33 Å². The molecular formula is C23H28N7O14P2+. The number of aliphatic hydroxyl groups is 4. The number of primary amides is 1.